The third-order valence-electron chi connectivity index (χ3n) is 20.0. The molecule has 4 aliphatic heterocycles. The van der Waals surface area contributed by atoms with Crippen LogP contribution in [0, 0.1) is 40.4 Å². The van der Waals surface area contributed by atoms with Gasteiger partial charge in [-0.2, -0.15) is 0 Å². The number of nitrogens with two attached hydrogens (primary N) is 1. The van der Waals surface area contributed by atoms with E-state index in [0.717, 1.165) is 22.7 Å². The van der Waals surface area contributed by atoms with E-state index in [1.165, 1.54) is 0 Å². The largest absolute Gasteiger partial charge is 0.511 e. The van der Waals surface area contributed by atoms with E-state index in [1.54, 1.807) is 45.9 Å². The number of allylic oxidation sites excluding steroid dienone is 3. The molecule has 9 N–H and O–H groups in total. The summed E-state index contributed by atoms with van der Waals surface area (Å²) in [4.78, 5) is 61.9. The molecule has 11 rings (SSSR count). The van der Waals surface area contributed by atoms with E-state index in [0.29, 0.717) is 49.2 Å². The Labute approximate surface area is 470 Å². The molecular formula is C60H79ClN4O15. The van der Waals surface area contributed by atoms with E-state index in [9.17, 15) is 39.6 Å². The first-order valence-corrected chi connectivity index (χ1v) is 29.3. The summed E-state index contributed by atoms with van der Waals surface area (Å²) >= 11 is 6.26. The summed E-state index contributed by atoms with van der Waals surface area (Å²) < 4.78 is 45.0. The van der Waals surface area contributed by atoms with Gasteiger partial charge >= 0.3 is 11.9 Å². The van der Waals surface area contributed by atoms with Crippen molar-refractivity contribution < 1.29 is 72.8 Å². The van der Waals surface area contributed by atoms with Gasteiger partial charge < -0.3 is 74.6 Å². The van der Waals surface area contributed by atoms with Gasteiger partial charge in [-0.25, -0.2) is 9.59 Å². The molecule has 6 heterocycles. The molecule has 5 fully saturated rings. The Morgan fingerprint density at radius 2 is 1.59 bits per heavy atom. The number of ketones is 1. The smallest absolute Gasteiger partial charge is 0.355 e. The SMILES string of the molecule is CCC1CC2(C)C=C(C(=O)O)C(C)C3(C2)NC(=O)C(=C(O)C2(C)C(C=CC4C(O[C@@H]5CC[C@H](O[C@H]6C[C@](C)(O)[C@H](O[C@H]7C[C@@H](OC(=O)c8cc9c([nH]8)[nH]c8ccc(Cl)cc89)[C@@H](N)[C@@H](C)O7)[C@@H](C)O6)[C@H](C)O5)CCCC42)CC1O)C3=O. The monoisotopic (exact) mass is 1130 g/mol. The average Bonchev–Trinajstić information content (AvgIpc) is 4.07. The van der Waals surface area contributed by atoms with E-state index in [4.69, 9.17) is 50.5 Å². The number of aromatic amines is 2. The van der Waals surface area contributed by atoms with Crippen LogP contribution >= 0.6 is 11.6 Å². The molecule has 1 amide bonds. The van der Waals surface area contributed by atoms with Crippen LogP contribution in [-0.2, 0) is 47.5 Å². The van der Waals surface area contributed by atoms with Crippen molar-refractivity contribution in [1.82, 2.24) is 15.3 Å². The molecule has 4 aliphatic carbocycles. The third kappa shape index (κ3) is 9.95. The van der Waals surface area contributed by atoms with E-state index in [2.05, 4.69) is 21.4 Å². The van der Waals surface area contributed by atoms with E-state index in [-0.39, 0.29) is 72.1 Å². The summed E-state index contributed by atoms with van der Waals surface area (Å²) in [5.74, 6) is -5.46. The number of hydrogen-bond acceptors (Lipinski definition) is 15. The van der Waals surface area contributed by atoms with E-state index >= 15 is 0 Å². The molecule has 8 aliphatic rings. The molecule has 1 aromatic carbocycles. The van der Waals surface area contributed by atoms with Gasteiger partial charge in [0.05, 0.1) is 48.3 Å². The number of aliphatic hydroxyl groups is 3. The van der Waals surface area contributed by atoms with Crippen LogP contribution in [0.4, 0.5) is 0 Å². The number of fused-ring (bicyclic) bond motifs is 8. The minimum absolute atomic E-state index is 0.0347. The zero-order valence-electron chi connectivity index (χ0n) is 46.9. The fourth-order valence-electron chi connectivity index (χ4n) is 15.6. The van der Waals surface area contributed by atoms with Gasteiger partial charge in [-0.1, -0.05) is 70.4 Å². The second kappa shape index (κ2) is 21.2. The van der Waals surface area contributed by atoms with Crippen LogP contribution in [0.25, 0.3) is 21.9 Å². The molecular weight excluding hydrogens is 1050 g/mol. The molecule has 1 spiro atoms. The molecule has 20 heteroatoms. The van der Waals surface area contributed by atoms with Crippen molar-refractivity contribution in [1.29, 1.82) is 0 Å². The summed E-state index contributed by atoms with van der Waals surface area (Å²) in [6.07, 6.45) is 3.59. The minimum Gasteiger partial charge on any atom is -0.511 e. The number of aromatic nitrogens is 2. The zero-order chi connectivity index (χ0) is 57.1. The number of ether oxygens (including phenoxy) is 7. The highest BCUT2D eigenvalue weighted by atomic mass is 35.5. The van der Waals surface area contributed by atoms with Crippen molar-refractivity contribution in [2.24, 2.45) is 46.2 Å². The van der Waals surface area contributed by atoms with Gasteiger partial charge in [0.2, 0.25) is 0 Å². The van der Waals surface area contributed by atoms with Crippen molar-refractivity contribution in [2.75, 3.05) is 0 Å². The topological polar surface area (TPSA) is 283 Å². The minimum atomic E-state index is -1.58. The highest BCUT2D eigenvalue weighted by molar-refractivity contribution is 6.32. The zero-order valence-corrected chi connectivity index (χ0v) is 47.6. The molecule has 1 saturated carbocycles. The molecule has 4 saturated heterocycles. The highest BCUT2D eigenvalue weighted by Gasteiger charge is 2.63. The predicted octanol–water partition coefficient (Wildman–Crippen LogP) is 7.95. The lowest BCUT2D eigenvalue weighted by molar-refractivity contribution is -0.339. The van der Waals surface area contributed by atoms with Crippen molar-refractivity contribution in [3.63, 3.8) is 0 Å². The van der Waals surface area contributed by atoms with E-state index in [1.807, 2.05) is 45.9 Å². The maximum atomic E-state index is 15.0. The molecule has 19 nitrogen and oxygen atoms in total. The number of H-pyrrole nitrogens is 2. The number of rotatable bonds is 10. The van der Waals surface area contributed by atoms with Gasteiger partial charge in [0.25, 0.3) is 5.91 Å². The van der Waals surface area contributed by atoms with Crippen molar-refractivity contribution in [3.05, 3.63) is 70.1 Å². The number of aliphatic hydroxyl groups excluding tert-OH is 2. The van der Waals surface area contributed by atoms with Gasteiger partial charge in [0, 0.05) is 63.4 Å². The standard InChI is InChI=1S/C60H79ClN4O15/c1-9-31-23-57(6)24-37(55(70)71)27(2)60(26-57)51(68)48(54(69)65-60)50(67)59(8)32(19-41(31)66)13-15-34-38(59)11-10-12-43(34)78-45-18-17-42(28(3)74-45)77-47-25-58(7,73)52(30(5)76-47)80-46-22-44(49(62)29(4)75-46)79-56(72)40-21-36-35-20-33(61)14-16-39(35)63-53(36)64-40/h13-16,20-21,24,27-32,34,38,41-47,49,52,63-64,66-67,73H,9-12,17-19,22-23,25-26,62H2,1-8H3,(H,65,69)(H,70,71)/t27?,28-,29+,30+,31?,32?,34?,38?,41?,42-,43?,44+,45+,46-,47-,49-,52+,57?,58-,59?,60?/m0/s1. The summed E-state index contributed by atoms with van der Waals surface area (Å²) in [5, 5.41) is 52.4. The van der Waals surface area contributed by atoms with Gasteiger partial charge in [-0.15, -0.1) is 0 Å². The second-order valence-electron chi connectivity index (χ2n) is 25.4. The maximum Gasteiger partial charge on any atom is 0.355 e. The molecule has 10 unspecified atom stereocenters. The Hall–Kier alpha value is -4.67. The van der Waals surface area contributed by atoms with Crippen molar-refractivity contribution in [3.8, 4) is 0 Å². The Morgan fingerprint density at radius 1 is 0.850 bits per heavy atom. The van der Waals surface area contributed by atoms with Crippen LogP contribution in [0.5, 0.6) is 0 Å². The Bertz CT molecular complexity index is 3020. The van der Waals surface area contributed by atoms with Crippen LogP contribution < -0.4 is 11.1 Å². The van der Waals surface area contributed by atoms with E-state index < -0.39 is 125 Å². The maximum absolute atomic E-state index is 15.0. The first-order valence-electron chi connectivity index (χ1n) is 28.9. The molecule has 2 aromatic heterocycles. The molecule has 80 heavy (non-hydrogen) atoms. The van der Waals surface area contributed by atoms with Crippen LogP contribution in [0.1, 0.15) is 137 Å². The Balaban J connectivity index is 0.729. The van der Waals surface area contributed by atoms with Gasteiger partial charge in [0.15, 0.2) is 24.7 Å². The summed E-state index contributed by atoms with van der Waals surface area (Å²) in [7, 11) is 0. The number of halogens is 1. The fourth-order valence-corrected chi connectivity index (χ4v) is 15.8. The normalized spacial score (nSPS) is 43.2. The number of esters is 1. The number of aliphatic carboxylic acids is 1. The van der Waals surface area contributed by atoms with Crippen LogP contribution in [0.15, 0.2) is 59.4 Å². The van der Waals surface area contributed by atoms with Gasteiger partial charge in [0.1, 0.15) is 40.4 Å². The number of carboxylic acids is 1. The summed E-state index contributed by atoms with van der Waals surface area (Å²) in [5.41, 5.74) is 3.02. The quantitative estimate of drug-likeness (QED) is 0.0543. The fraction of sp³-hybridized carbons (Fsp3) is 0.667. The molecule has 3 bridgehead atoms. The number of benzene rings is 1. The Kier molecular flexibility index (Phi) is 15.1. The third-order valence-corrected chi connectivity index (χ3v) is 20.2. The number of carbonyl (C=O) groups is 4. The van der Waals surface area contributed by atoms with Gasteiger partial charge in [-0.05, 0) is 114 Å². The molecule has 436 valence electrons. The number of hydrogen-bond donors (Lipinski definition) is 8. The average molecular weight is 1130 g/mol. The molecule has 3 aromatic rings. The molecule has 21 atom stereocenters. The van der Waals surface area contributed by atoms with Crippen molar-refractivity contribution >= 4 is 57.2 Å². The van der Waals surface area contributed by atoms with Crippen LogP contribution in [0.2, 0.25) is 5.02 Å². The van der Waals surface area contributed by atoms with Crippen LogP contribution in [0.3, 0.4) is 0 Å². The summed E-state index contributed by atoms with van der Waals surface area (Å²) in [6, 6.07) is 6.57. The molecule has 0 radical (unpaired) electrons. The highest BCUT2D eigenvalue weighted by Crippen LogP contribution is 2.59. The first-order chi connectivity index (χ1) is 37.8. The number of Topliss-reactive ketones (excluding diaryl/α,β-unsaturated/α-hetero) is 1. The number of carboxylic acid groups (broad SMARTS) is 1. The Morgan fingerprint density at radius 3 is 2.31 bits per heavy atom. The lowest BCUT2D eigenvalue weighted by Gasteiger charge is -2.53. The number of nitrogens with one attached hydrogen (secondary N) is 3. The van der Waals surface area contributed by atoms with Crippen LogP contribution in [-0.4, -0.2) is 139 Å². The first kappa shape index (κ1) is 57.2. The summed E-state index contributed by atoms with van der Waals surface area (Å²) in [6.45, 7) is 14.6. The second-order valence-corrected chi connectivity index (χ2v) is 25.8. The predicted molar refractivity (Wildman–Crippen MR) is 293 cm³/mol. The number of carbonyl (C=O) groups excluding carboxylic acids is 3. The lowest BCUT2D eigenvalue weighted by atomic mass is 9.52. The number of amides is 1. The van der Waals surface area contributed by atoms with Gasteiger partial charge in [-0.3, -0.25) is 9.59 Å². The lowest BCUT2D eigenvalue weighted by Crippen LogP contribution is -2.60. The van der Waals surface area contributed by atoms with Crippen molar-refractivity contribution in [2.45, 2.75) is 211 Å².